The minimum atomic E-state index is -0.978. The van der Waals surface area contributed by atoms with Gasteiger partial charge in [-0.05, 0) is 23.8 Å². The highest BCUT2D eigenvalue weighted by Gasteiger charge is 2.06. The maximum absolute atomic E-state index is 10.6. The summed E-state index contributed by atoms with van der Waals surface area (Å²) in [6, 6.07) is 4.71. The summed E-state index contributed by atoms with van der Waals surface area (Å²) < 4.78 is 4.93. The summed E-state index contributed by atoms with van der Waals surface area (Å²) in [5, 5.41) is 8.73. The molecule has 0 aromatic heterocycles. The van der Waals surface area contributed by atoms with Gasteiger partial charge in [-0.2, -0.15) is 0 Å². The number of rotatable bonds is 3. The van der Waals surface area contributed by atoms with E-state index in [-0.39, 0.29) is 5.56 Å². The van der Waals surface area contributed by atoms with Crippen LogP contribution in [-0.2, 0) is 6.54 Å². The molecule has 0 saturated heterocycles. The quantitative estimate of drug-likeness (QED) is 0.725. The van der Waals surface area contributed by atoms with Crippen molar-refractivity contribution in [1.29, 1.82) is 0 Å². The fraction of sp³-hybridized carbons (Fsp3) is 0.222. The van der Waals surface area contributed by atoms with Crippen molar-refractivity contribution in [3.8, 4) is 5.75 Å². The van der Waals surface area contributed by atoms with E-state index >= 15 is 0 Å². The fourth-order valence-corrected chi connectivity index (χ4v) is 1.02. The van der Waals surface area contributed by atoms with Crippen LogP contribution in [0.5, 0.6) is 5.75 Å². The molecular weight excluding hydrogens is 170 g/mol. The molecule has 4 nitrogen and oxygen atoms in total. The van der Waals surface area contributed by atoms with Crippen LogP contribution in [0.25, 0.3) is 0 Å². The van der Waals surface area contributed by atoms with Crippen molar-refractivity contribution < 1.29 is 14.6 Å². The number of aromatic carboxylic acids is 1. The van der Waals surface area contributed by atoms with Gasteiger partial charge in [-0.25, -0.2) is 4.79 Å². The molecule has 13 heavy (non-hydrogen) atoms. The third-order valence-electron chi connectivity index (χ3n) is 1.68. The number of methoxy groups -OCH3 is 1. The van der Waals surface area contributed by atoms with E-state index < -0.39 is 5.97 Å². The number of benzene rings is 1. The number of nitrogens with two attached hydrogens (primary N) is 1. The Hall–Kier alpha value is -1.55. The Kier molecular flexibility index (Phi) is 2.87. The average Bonchev–Trinajstić information content (AvgIpc) is 2.16. The van der Waals surface area contributed by atoms with Gasteiger partial charge in [0.15, 0.2) is 0 Å². The summed E-state index contributed by atoms with van der Waals surface area (Å²) in [6.07, 6.45) is 0. The smallest absolute Gasteiger partial charge is 0.335 e. The number of carboxylic acid groups (broad SMARTS) is 1. The van der Waals surface area contributed by atoms with Crippen molar-refractivity contribution in [2.75, 3.05) is 7.11 Å². The van der Waals surface area contributed by atoms with Gasteiger partial charge in [0, 0.05) is 6.54 Å². The summed E-state index contributed by atoms with van der Waals surface area (Å²) in [7, 11) is 1.49. The van der Waals surface area contributed by atoms with Crippen molar-refractivity contribution >= 4 is 5.97 Å². The molecule has 0 unspecified atom stereocenters. The Morgan fingerprint density at radius 3 is 2.69 bits per heavy atom. The Morgan fingerprint density at radius 2 is 2.23 bits per heavy atom. The topological polar surface area (TPSA) is 72.5 Å². The third-order valence-corrected chi connectivity index (χ3v) is 1.68. The second-order valence-electron chi connectivity index (χ2n) is 2.58. The van der Waals surface area contributed by atoms with Crippen LogP contribution in [0.3, 0.4) is 0 Å². The predicted octanol–water partition coefficient (Wildman–Crippen LogP) is 0.852. The first-order valence-corrected chi connectivity index (χ1v) is 3.78. The van der Waals surface area contributed by atoms with Gasteiger partial charge in [-0.1, -0.05) is 0 Å². The second kappa shape index (κ2) is 3.91. The maximum Gasteiger partial charge on any atom is 0.335 e. The largest absolute Gasteiger partial charge is 0.497 e. The van der Waals surface area contributed by atoms with E-state index in [0.717, 1.165) is 5.56 Å². The summed E-state index contributed by atoms with van der Waals surface area (Å²) >= 11 is 0. The lowest BCUT2D eigenvalue weighted by Gasteiger charge is -2.04. The van der Waals surface area contributed by atoms with Gasteiger partial charge < -0.3 is 15.6 Å². The normalized spacial score (nSPS) is 9.69. The molecule has 0 bridgehead atoms. The molecule has 1 aromatic rings. The first kappa shape index (κ1) is 9.54. The van der Waals surface area contributed by atoms with Crippen molar-refractivity contribution in [3.05, 3.63) is 29.3 Å². The molecule has 0 aliphatic heterocycles. The molecule has 0 spiro atoms. The minimum absolute atomic E-state index is 0.194. The minimum Gasteiger partial charge on any atom is -0.497 e. The van der Waals surface area contributed by atoms with Crippen LogP contribution in [0.1, 0.15) is 15.9 Å². The van der Waals surface area contributed by atoms with Crippen molar-refractivity contribution in [1.82, 2.24) is 0 Å². The molecule has 70 valence electrons. The molecular formula is C9H11NO3. The summed E-state index contributed by atoms with van der Waals surface area (Å²) in [5.74, 6) is -0.464. The van der Waals surface area contributed by atoms with Crippen LogP contribution in [-0.4, -0.2) is 18.2 Å². The van der Waals surface area contributed by atoms with Gasteiger partial charge in [-0.3, -0.25) is 0 Å². The second-order valence-corrected chi connectivity index (χ2v) is 2.58. The molecule has 0 atom stereocenters. The SMILES string of the molecule is COc1cc(CN)cc(C(=O)O)c1. The van der Waals surface area contributed by atoms with E-state index in [1.165, 1.54) is 19.2 Å². The molecule has 0 aliphatic rings. The van der Waals surface area contributed by atoms with Gasteiger partial charge in [0.05, 0.1) is 12.7 Å². The molecule has 0 heterocycles. The van der Waals surface area contributed by atoms with Gasteiger partial charge in [-0.15, -0.1) is 0 Å². The molecule has 0 saturated carbocycles. The Morgan fingerprint density at radius 1 is 1.54 bits per heavy atom. The highest BCUT2D eigenvalue weighted by molar-refractivity contribution is 5.88. The molecule has 0 amide bonds. The van der Waals surface area contributed by atoms with Crippen molar-refractivity contribution in [2.24, 2.45) is 5.73 Å². The molecule has 1 aromatic carbocycles. The Bertz CT molecular complexity index is 300. The molecule has 3 N–H and O–H groups in total. The van der Waals surface area contributed by atoms with E-state index in [9.17, 15) is 4.79 Å². The van der Waals surface area contributed by atoms with E-state index in [1.807, 2.05) is 0 Å². The lowest BCUT2D eigenvalue weighted by atomic mass is 10.1. The highest BCUT2D eigenvalue weighted by Crippen LogP contribution is 2.16. The van der Waals surface area contributed by atoms with Crippen LogP contribution in [0.4, 0.5) is 0 Å². The number of hydrogen-bond acceptors (Lipinski definition) is 3. The monoisotopic (exact) mass is 181 g/mol. The van der Waals surface area contributed by atoms with Gasteiger partial charge in [0.1, 0.15) is 5.75 Å². The molecule has 0 aliphatic carbocycles. The lowest BCUT2D eigenvalue weighted by molar-refractivity contribution is 0.0696. The zero-order valence-corrected chi connectivity index (χ0v) is 7.28. The molecule has 4 heteroatoms. The average molecular weight is 181 g/mol. The van der Waals surface area contributed by atoms with Gasteiger partial charge in [0.2, 0.25) is 0 Å². The first-order chi connectivity index (χ1) is 6.17. The Balaban J connectivity index is 3.14. The number of carbonyl (C=O) groups is 1. The van der Waals surface area contributed by atoms with Crippen molar-refractivity contribution in [3.63, 3.8) is 0 Å². The molecule has 0 radical (unpaired) electrons. The van der Waals surface area contributed by atoms with Crippen LogP contribution in [0.2, 0.25) is 0 Å². The zero-order valence-electron chi connectivity index (χ0n) is 7.28. The number of carboxylic acids is 1. The standard InChI is InChI=1S/C9H11NO3/c1-13-8-3-6(5-10)2-7(4-8)9(11)12/h2-4H,5,10H2,1H3,(H,11,12). The van der Waals surface area contributed by atoms with Gasteiger partial charge >= 0.3 is 5.97 Å². The molecule has 0 fully saturated rings. The van der Waals surface area contributed by atoms with E-state index in [1.54, 1.807) is 6.07 Å². The summed E-state index contributed by atoms with van der Waals surface area (Å²) in [6.45, 7) is 0.303. The number of hydrogen-bond donors (Lipinski definition) is 2. The summed E-state index contributed by atoms with van der Waals surface area (Å²) in [4.78, 5) is 10.6. The third kappa shape index (κ3) is 2.19. The molecule has 1 rings (SSSR count). The first-order valence-electron chi connectivity index (χ1n) is 3.78. The fourth-order valence-electron chi connectivity index (χ4n) is 1.02. The number of ether oxygens (including phenoxy) is 1. The van der Waals surface area contributed by atoms with Crippen molar-refractivity contribution in [2.45, 2.75) is 6.54 Å². The van der Waals surface area contributed by atoms with E-state index in [0.29, 0.717) is 12.3 Å². The maximum atomic E-state index is 10.6. The van der Waals surface area contributed by atoms with Crippen LogP contribution < -0.4 is 10.5 Å². The van der Waals surface area contributed by atoms with Crippen LogP contribution >= 0.6 is 0 Å². The lowest BCUT2D eigenvalue weighted by Crippen LogP contribution is -2.02. The van der Waals surface area contributed by atoms with Gasteiger partial charge in [0.25, 0.3) is 0 Å². The zero-order chi connectivity index (χ0) is 9.84. The highest BCUT2D eigenvalue weighted by atomic mass is 16.5. The Labute approximate surface area is 75.9 Å². The van der Waals surface area contributed by atoms with E-state index in [4.69, 9.17) is 15.6 Å². The van der Waals surface area contributed by atoms with Crippen LogP contribution in [0.15, 0.2) is 18.2 Å². The van der Waals surface area contributed by atoms with E-state index in [2.05, 4.69) is 0 Å². The summed E-state index contributed by atoms with van der Waals surface area (Å²) in [5.41, 5.74) is 6.34. The predicted molar refractivity (Wildman–Crippen MR) is 47.8 cm³/mol. The van der Waals surface area contributed by atoms with Crippen LogP contribution in [0, 0.1) is 0 Å².